The van der Waals surface area contributed by atoms with E-state index in [0.29, 0.717) is 18.0 Å². The van der Waals surface area contributed by atoms with Crippen LogP contribution in [-0.4, -0.2) is 29.6 Å². The van der Waals surface area contributed by atoms with Crippen molar-refractivity contribution in [2.75, 3.05) is 18.9 Å². The number of rotatable bonds is 2. The van der Waals surface area contributed by atoms with E-state index in [1.54, 1.807) is 0 Å². The molecule has 1 amide bonds. The normalized spacial score (nSPS) is 22.9. The van der Waals surface area contributed by atoms with E-state index in [1.165, 1.54) is 0 Å². The molecule has 1 aliphatic heterocycles. The first-order valence-corrected chi connectivity index (χ1v) is 6.85. The molecule has 0 bridgehead atoms. The van der Waals surface area contributed by atoms with Gasteiger partial charge >= 0.3 is 0 Å². The molecule has 3 rings (SSSR count). The Morgan fingerprint density at radius 1 is 1.50 bits per heavy atom. The highest BCUT2D eigenvalue weighted by atomic mass is 16.5. The molecule has 0 aliphatic carbocycles. The van der Waals surface area contributed by atoms with Crippen molar-refractivity contribution in [1.29, 1.82) is 0 Å². The molecule has 5 heteroatoms. The van der Waals surface area contributed by atoms with E-state index in [9.17, 15) is 4.79 Å². The van der Waals surface area contributed by atoms with E-state index in [1.807, 2.05) is 31.2 Å². The Balaban J connectivity index is 1.83. The van der Waals surface area contributed by atoms with Crippen LogP contribution in [0.5, 0.6) is 0 Å². The van der Waals surface area contributed by atoms with Gasteiger partial charge in [0.1, 0.15) is 5.69 Å². The van der Waals surface area contributed by atoms with Crippen LogP contribution in [0.4, 0.5) is 5.69 Å². The van der Waals surface area contributed by atoms with E-state index in [4.69, 9.17) is 10.5 Å². The van der Waals surface area contributed by atoms with Gasteiger partial charge in [0.15, 0.2) is 0 Å². The molecule has 1 unspecified atom stereocenters. The number of aromatic nitrogens is 1. The largest absolute Gasteiger partial charge is 0.397 e. The number of aromatic amines is 1. The van der Waals surface area contributed by atoms with Crippen LogP contribution in [0.15, 0.2) is 24.3 Å². The Hall–Kier alpha value is -2.01. The number of benzene rings is 1. The van der Waals surface area contributed by atoms with E-state index >= 15 is 0 Å². The summed E-state index contributed by atoms with van der Waals surface area (Å²) < 4.78 is 5.45. The molecule has 1 saturated heterocycles. The quantitative estimate of drug-likeness (QED) is 0.733. The molecule has 1 fully saturated rings. The van der Waals surface area contributed by atoms with Crippen molar-refractivity contribution in [3.05, 3.63) is 30.0 Å². The molecule has 1 aromatic heterocycles. The van der Waals surface area contributed by atoms with E-state index in [-0.39, 0.29) is 11.4 Å². The van der Waals surface area contributed by atoms with Crippen LogP contribution in [0.2, 0.25) is 0 Å². The third kappa shape index (κ3) is 2.36. The average molecular weight is 273 g/mol. The van der Waals surface area contributed by atoms with Crippen LogP contribution >= 0.6 is 0 Å². The summed E-state index contributed by atoms with van der Waals surface area (Å²) in [6, 6.07) is 7.46. The lowest BCUT2D eigenvalue weighted by molar-refractivity contribution is 0.0271. The van der Waals surface area contributed by atoms with E-state index in [2.05, 4.69) is 10.3 Å². The van der Waals surface area contributed by atoms with Crippen molar-refractivity contribution >= 4 is 22.5 Å². The fourth-order valence-electron chi connectivity index (χ4n) is 2.68. The Morgan fingerprint density at radius 2 is 2.35 bits per heavy atom. The van der Waals surface area contributed by atoms with E-state index in [0.717, 1.165) is 30.4 Å². The summed E-state index contributed by atoms with van der Waals surface area (Å²) in [6.07, 6.45) is 1.90. The zero-order valence-electron chi connectivity index (χ0n) is 11.5. The van der Waals surface area contributed by atoms with Gasteiger partial charge in [-0.2, -0.15) is 0 Å². The van der Waals surface area contributed by atoms with Crippen molar-refractivity contribution in [3.63, 3.8) is 0 Å². The molecule has 0 spiro atoms. The van der Waals surface area contributed by atoms with Gasteiger partial charge < -0.3 is 20.8 Å². The molecule has 106 valence electrons. The minimum atomic E-state index is -0.293. The molecule has 20 heavy (non-hydrogen) atoms. The van der Waals surface area contributed by atoms with Crippen molar-refractivity contribution in [3.8, 4) is 0 Å². The predicted molar refractivity (Wildman–Crippen MR) is 78.6 cm³/mol. The smallest absolute Gasteiger partial charge is 0.268 e. The Bertz CT molecular complexity index is 642. The van der Waals surface area contributed by atoms with Crippen LogP contribution < -0.4 is 11.1 Å². The maximum atomic E-state index is 12.4. The number of para-hydroxylation sites is 1. The van der Waals surface area contributed by atoms with Crippen LogP contribution in [0.1, 0.15) is 30.3 Å². The van der Waals surface area contributed by atoms with Crippen molar-refractivity contribution in [1.82, 2.24) is 10.3 Å². The summed E-state index contributed by atoms with van der Waals surface area (Å²) in [5.41, 5.74) is 7.59. The molecule has 1 aliphatic rings. The Kier molecular flexibility index (Phi) is 3.14. The topological polar surface area (TPSA) is 80.1 Å². The second kappa shape index (κ2) is 4.83. The van der Waals surface area contributed by atoms with Gasteiger partial charge in [-0.05, 0) is 31.9 Å². The molecule has 2 heterocycles. The summed E-state index contributed by atoms with van der Waals surface area (Å²) in [6.45, 7) is 3.34. The van der Waals surface area contributed by atoms with Crippen LogP contribution in [0.3, 0.4) is 0 Å². The molecule has 0 radical (unpaired) electrons. The van der Waals surface area contributed by atoms with Crippen molar-refractivity contribution in [2.45, 2.75) is 25.3 Å². The van der Waals surface area contributed by atoms with Crippen LogP contribution in [0.25, 0.3) is 10.9 Å². The van der Waals surface area contributed by atoms with E-state index < -0.39 is 0 Å². The highest BCUT2D eigenvalue weighted by Crippen LogP contribution is 2.23. The summed E-state index contributed by atoms with van der Waals surface area (Å²) >= 11 is 0. The lowest BCUT2D eigenvalue weighted by atomic mass is 9.95. The molecular formula is C15H19N3O2. The molecular weight excluding hydrogens is 254 g/mol. The molecule has 4 N–H and O–H groups in total. The zero-order valence-corrected chi connectivity index (χ0v) is 11.5. The number of nitrogens with two attached hydrogens (primary N) is 1. The number of hydrogen-bond donors (Lipinski definition) is 3. The fourth-order valence-corrected chi connectivity index (χ4v) is 2.68. The second-order valence-corrected chi connectivity index (χ2v) is 5.67. The van der Waals surface area contributed by atoms with Gasteiger partial charge in [-0.3, -0.25) is 4.79 Å². The number of amides is 1. The highest BCUT2D eigenvalue weighted by molar-refractivity contribution is 6.01. The monoisotopic (exact) mass is 273 g/mol. The summed E-state index contributed by atoms with van der Waals surface area (Å²) in [5, 5.41) is 4.00. The summed E-state index contributed by atoms with van der Waals surface area (Å²) in [7, 11) is 0. The Labute approximate surface area is 117 Å². The maximum absolute atomic E-state index is 12.4. The second-order valence-electron chi connectivity index (χ2n) is 5.67. The number of anilines is 1. The third-order valence-corrected chi connectivity index (χ3v) is 3.79. The average Bonchev–Trinajstić information content (AvgIpc) is 2.85. The number of nitrogens with one attached hydrogen (secondary N) is 2. The third-order valence-electron chi connectivity index (χ3n) is 3.79. The summed E-state index contributed by atoms with van der Waals surface area (Å²) in [4.78, 5) is 15.5. The Morgan fingerprint density at radius 3 is 3.05 bits per heavy atom. The maximum Gasteiger partial charge on any atom is 0.268 e. The van der Waals surface area contributed by atoms with Gasteiger partial charge in [0.2, 0.25) is 0 Å². The number of nitrogen functional groups attached to an aromatic ring is 1. The van der Waals surface area contributed by atoms with Crippen LogP contribution in [-0.2, 0) is 4.74 Å². The molecule has 2 aromatic rings. The number of ether oxygens (including phenoxy) is 1. The SMILES string of the molecule is CC1(NC(=O)c2cc3cccc(N)c3[nH]2)CCCOC1. The number of fused-ring (bicyclic) bond motifs is 1. The molecule has 0 saturated carbocycles. The lowest BCUT2D eigenvalue weighted by Gasteiger charge is -2.34. The number of H-pyrrole nitrogens is 1. The number of hydrogen-bond acceptors (Lipinski definition) is 3. The van der Waals surface area contributed by atoms with Crippen LogP contribution in [0, 0.1) is 0 Å². The van der Waals surface area contributed by atoms with Gasteiger partial charge in [0.25, 0.3) is 5.91 Å². The first-order chi connectivity index (χ1) is 9.57. The standard InChI is InChI=1S/C15H19N3O2/c1-15(6-3-7-20-9-15)18-14(19)12-8-10-4-2-5-11(16)13(10)17-12/h2,4-5,8,17H,3,6-7,9,16H2,1H3,(H,18,19). The molecule has 5 nitrogen and oxygen atoms in total. The van der Waals surface area contributed by atoms with Gasteiger partial charge in [0.05, 0.1) is 23.3 Å². The van der Waals surface area contributed by atoms with Gasteiger partial charge in [-0.15, -0.1) is 0 Å². The first-order valence-electron chi connectivity index (χ1n) is 6.85. The minimum Gasteiger partial charge on any atom is -0.397 e. The summed E-state index contributed by atoms with van der Waals surface area (Å²) in [5.74, 6) is -0.117. The molecule has 1 atom stereocenters. The van der Waals surface area contributed by atoms with Gasteiger partial charge in [0, 0.05) is 12.0 Å². The minimum absolute atomic E-state index is 0.117. The lowest BCUT2D eigenvalue weighted by Crippen LogP contribution is -2.51. The fraction of sp³-hybridized carbons (Fsp3) is 0.400. The highest BCUT2D eigenvalue weighted by Gasteiger charge is 2.30. The van der Waals surface area contributed by atoms with Gasteiger partial charge in [-0.25, -0.2) is 0 Å². The van der Waals surface area contributed by atoms with Crippen molar-refractivity contribution in [2.24, 2.45) is 0 Å². The number of carbonyl (C=O) groups excluding carboxylic acids is 1. The van der Waals surface area contributed by atoms with Gasteiger partial charge in [-0.1, -0.05) is 12.1 Å². The molecule has 1 aromatic carbocycles. The number of carbonyl (C=O) groups is 1. The van der Waals surface area contributed by atoms with Crippen molar-refractivity contribution < 1.29 is 9.53 Å². The zero-order chi connectivity index (χ0) is 14.2. The first kappa shape index (κ1) is 13.0. The predicted octanol–water partition coefficient (Wildman–Crippen LogP) is 2.05.